The highest BCUT2D eigenvalue weighted by molar-refractivity contribution is 8.32. The molecule has 0 aliphatic carbocycles. The number of nitrogens with one attached hydrogen (secondary N) is 1. The van der Waals surface area contributed by atoms with Gasteiger partial charge >= 0.3 is 0 Å². The molecule has 0 bridgehead atoms. The van der Waals surface area contributed by atoms with Crippen LogP contribution in [0.2, 0.25) is 0 Å². The first-order chi connectivity index (χ1) is 9.95. The summed E-state index contributed by atoms with van der Waals surface area (Å²) in [5, 5.41) is 12.4. The summed E-state index contributed by atoms with van der Waals surface area (Å²) >= 11 is 0. The lowest BCUT2D eigenvalue weighted by atomic mass is 10.1. The van der Waals surface area contributed by atoms with Crippen molar-refractivity contribution in [3.8, 4) is 22.6 Å². The van der Waals surface area contributed by atoms with E-state index in [0.717, 1.165) is 27.7 Å². The average molecular weight is 302 g/mol. The molecule has 0 saturated heterocycles. The van der Waals surface area contributed by atoms with E-state index in [1.54, 1.807) is 12.5 Å². The monoisotopic (exact) mass is 302 g/mol. The zero-order chi connectivity index (χ0) is 15.0. The van der Waals surface area contributed by atoms with Crippen LogP contribution in [0.4, 0.5) is 0 Å². The molecule has 3 rings (SSSR count). The number of rotatable bonds is 3. The maximum atomic E-state index is 4.40. The molecule has 0 radical (unpaired) electrons. The maximum Gasteiger partial charge on any atom is 0.125 e. The summed E-state index contributed by atoms with van der Waals surface area (Å²) in [7, 11) is 1.01. The fraction of sp³-hybridized carbons (Fsp3) is 0.286. The van der Waals surface area contributed by atoms with Crippen molar-refractivity contribution in [2.45, 2.75) is 5.03 Å². The van der Waals surface area contributed by atoms with Crippen LogP contribution in [0, 0.1) is 0 Å². The largest absolute Gasteiger partial charge is 0.340 e. The van der Waals surface area contributed by atoms with Crippen molar-refractivity contribution in [3.63, 3.8) is 0 Å². The second-order valence-electron chi connectivity index (χ2n) is 5.68. The summed E-state index contributed by atoms with van der Waals surface area (Å²) in [6.45, 7) is 0. The molecule has 0 aromatic carbocycles. The lowest BCUT2D eigenvalue weighted by Crippen LogP contribution is -1.96. The summed E-state index contributed by atoms with van der Waals surface area (Å²) in [5.41, 5.74) is 3.60. The molecule has 7 heteroatoms. The van der Waals surface area contributed by atoms with E-state index >= 15 is 0 Å². The van der Waals surface area contributed by atoms with E-state index in [-0.39, 0.29) is 0 Å². The third kappa shape index (κ3) is 2.69. The van der Waals surface area contributed by atoms with Gasteiger partial charge in [-0.2, -0.15) is 0 Å². The quantitative estimate of drug-likeness (QED) is 0.806. The number of pyridine rings is 1. The molecule has 0 fully saturated rings. The molecule has 0 saturated carbocycles. The van der Waals surface area contributed by atoms with Gasteiger partial charge in [-0.25, -0.2) is 15.0 Å². The molecule has 3 aromatic heterocycles. The van der Waals surface area contributed by atoms with E-state index < -0.39 is 10.0 Å². The normalized spacial score (nSPS) is 12.6. The first-order valence-electron chi connectivity index (χ1n) is 6.49. The number of aromatic nitrogens is 6. The third-order valence-corrected chi connectivity index (χ3v) is 4.64. The Morgan fingerprint density at radius 2 is 1.95 bits per heavy atom. The molecule has 0 spiro atoms. The second-order valence-corrected chi connectivity index (χ2v) is 9.76. The van der Waals surface area contributed by atoms with Crippen molar-refractivity contribution in [1.29, 1.82) is 0 Å². The number of aromatic amines is 1. The first-order valence-corrected chi connectivity index (χ1v) is 9.35. The van der Waals surface area contributed by atoms with Gasteiger partial charge in [-0.3, -0.25) is 10.1 Å². The van der Waals surface area contributed by atoms with E-state index in [9.17, 15) is 0 Å². The fourth-order valence-electron chi connectivity index (χ4n) is 2.10. The van der Waals surface area contributed by atoms with Crippen LogP contribution in [0.3, 0.4) is 0 Å². The van der Waals surface area contributed by atoms with Gasteiger partial charge in [0.1, 0.15) is 16.4 Å². The Kier molecular flexibility index (Phi) is 3.29. The highest BCUT2D eigenvalue weighted by Gasteiger charge is 2.19. The van der Waals surface area contributed by atoms with Gasteiger partial charge in [-0.1, -0.05) is 5.21 Å². The number of imidazole rings is 1. The van der Waals surface area contributed by atoms with E-state index in [1.165, 1.54) is 0 Å². The maximum absolute atomic E-state index is 4.40. The van der Waals surface area contributed by atoms with Crippen LogP contribution < -0.4 is 0 Å². The molecule has 0 atom stereocenters. The van der Waals surface area contributed by atoms with Crippen molar-refractivity contribution in [2.75, 3.05) is 18.8 Å². The van der Waals surface area contributed by atoms with Gasteiger partial charge in [0.05, 0.1) is 12.0 Å². The number of nitrogens with zero attached hydrogens (tertiary/aromatic N) is 5. The zero-order valence-electron chi connectivity index (χ0n) is 12.5. The molecule has 110 valence electrons. The van der Waals surface area contributed by atoms with E-state index in [1.807, 2.05) is 29.9 Å². The minimum Gasteiger partial charge on any atom is -0.340 e. The summed E-state index contributed by atoms with van der Waals surface area (Å²) in [4.78, 5) is 8.74. The number of aryl methyl sites for hydroxylation is 1. The van der Waals surface area contributed by atoms with Gasteiger partial charge in [0.15, 0.2) is 0 Å². The molecular weight excluding hydrogens is 284 g/mol. The van der Waals surface area contributed by atoms with Crippen molar-refractivity contribution >= 4 is 10.0 Å². The Hall–Kier alpha value is -2.15. The molecule has 0 aliphatic rings. The van der Waals surface area contributed by atoms with Gasteiger partial charge in [0.25, 0.3) is 0 Å². The fourth-order valence-corrected chi connectivity index (χ4v) is 3.15. The first kappa shape index (κ1) is 13.8. The Balaban J connectivity index is 2.07. The van der Waals surface area contributed by atoms with Crippen molar-refractivity contribution in [1.82, 2.24) is 29.9 Å². The topological polar surface area (TPSA) is 72.3 Å². The van der Waals surface area contributed by atoms with Crippen LogP contribution in [0.1, 0.15) is 0 Å². The zero-order valence-corrected chi connectivity index (χ0v) is 13.3. The predicted octanol–water partition coefficient (Wildman–Crippen LogP) is 2.32. The summed E-state index contributed by atoms with van der Waals surface area (Å²) in [6, 6.07) is 3.97. The Bertz CT molecular complexity index is 768. The molecule has 0 unspecified atom stereocenters. The summed E-state index contributed by atoms with van der Waals surface area (Å²) in [6.07, 6.45) is 12.1. The third-order valence-electron chi connectivity index (χ3n) is 3.13. The standard InChI is InChI=1S/C14H18N6S/c1-20-8-12(16-9-20)11-7-10(5-6-15-11)13-14(18-19-17-13)21(2,3)4/h5-9H,1-4H3,(H,17,18,19). The van der Waals surface area contributed by atoms with Crippen molar-refractivity contribution < 1.29 is 0 Å². The smallest absolute Gasteiger partial charge is 0.125 e. The minimum atomic E-state index is -0.932. The molecule has 0 amide bonds. The molecule has 3 heterocycles. The number of hydrogen-bond donors (Lipinski definition) is 1. The van der Waals surface area contributed by atoms with Crippen molar-refractivity contribution in [2.24, 2.45) is 7.05 Å². The SMILES string of the molecule is Cn1cnc(-c2cc(-c3nn[nH]c3S(C)(C)C)ccn2)c1. The van der Waals surface area contributed by atoms with Crippen LogP contribution in [-0.2, 0) is 7.05 Å². The van der Waals surface area contributed by atoms with Crippen LogP contribution in [-0.4, -0.2) is 48.7 Å². The number of hydrogen-bond acceptors (Lipinski definition) is 4. The Labute approximate surface area is 125 Å². The number of H-pyrrole nitrogens is 1. The summed E-state index contributed by atoms with van der Waals surface area (Å²) in [5.74, 6) is 0. The lowest BCUT2D eigenvalue weighted by Gasteiger charge is -2.23. The molecule has 1 N–H and O–H groups in total. The predicted molar refractivity (Wildman–Crippen MR) is 85.4 cm³/mol. The minimum absolute atomic E-state index is 0.839. The van der Waals surface area contributed by atoms with Crippen molar-refractivity contribution in [3.05, 3.63) is 30.9 Å². The van der Waals surface area contributed by atoms with Crippen LogP contribution in [0.15, 0.2) is 35.9 Å². The van der Waals surface area contributed by atoms with Gasteiger partial charge in [0.2, 0.25) is 0 Å². The highest BCUT2D eigenvalue weighted by atomic mass is 32.3. The lowest BCUT2D eigenvalue weighted by molar-refractivity contribution is 0.909. The molecule has 21 heavy (non-hydrogen) atoms. The molecular formula is C14H18N6S. The van der Waals surface area contributed by atoms with Crippen LogP contribution >= 0.6 is 10.0 Å². The molecule has 3 aromatic rings. The second kappa shape index (κ2) is 5.00. The summed E-state index contributed by atoms with van der Waals surface area (Å²) < 4.78 is 1.91. The van der Waals surface area contributed by atoms with Gasteiger partial charge in [-0.15, -0.1) is 5.10 Å². The van der Waals surface area contributed by atoms with Crippen LogP contribution in [0.5, 0.6) is 0 Å². The highest BCUT2D eigenvalue weighted by Crippen LogP contribution is 2.47. The average Bonchev–Trinajstić information content (AvgIpc) is 3.06. The van der Waals surface area contributed by atoms with Gasteiger partial charge < -0.3 is 4.57 Å². The molecule has 6 nitrogen and oxygen atoms in total. The van der Waals surface area contributed by atoms with Gasteiger partial charge in [-0.05, 0) is 30.9 Å². The van der Waals surface area contributed by atoms with Gasteiger partial charge in [0, 0.05) is 25.0 Å². The van der Waals surface area contributed by atoms with E-state index in [4.69, 9.17) is 0 Å². The molecule has 0 aliphatic heterocycles. The Morgan fingerprint density at radius 3 is 2.62 bits per heavy atom. The van der Waals surface area contributed by atoms with E-state index in [2.05, 4.69) is 44.1 Å². The van der Waals surface area contributed by atoms with E-state index in [0.29, 0.717) is 0 Å². The Morgan fingerprint density at radius 1 is 1.14 bits per heavy atom. The van der Waals surface area contributed by atoms with Crippen LogP contribution in [0.25, 0.3) is 22.6 Å².